The lowest BCUT2D eigenvalue weighted by Crippen LogP contribution is -2.26. The van der Waals surface area contributed by atoms with Gasteiger partial charge in [-0.25, -0.2) is 9.97 Å². The van der Waals surface area contributed by atoms with Gasteiger partial charge in [-0.15, -0.1) is 0 Å². The number of anilines is 1. The molecule has 0 radical (unpaired) electrons. The maximum atomic E-state index is 11.8. The van der Waals surface area contributed by atoms with E-state index in [4.69, 9.17) is 4.74 Å². The molecule has 98 valence electrons. The molecule has 1 aromatic heterocycles. The van der Waals surface area contributed by atoms with Gasteiger partial charge in [0.2, 0.25) is 0 Å². The van der Waals surface area contributed by atoms with Gasteiger partial charge in [-0.2, -0.15) is 0 Å². The summed E-state index contributed by atoms with van der Waals surface area (Å²) in [6, 6.07) is 2.01. The van der Waals surface area contributed by atoms with E-state index in [-0.39, 0.29) is 5.91 Å². The highest BCUT2D eigenvalue weighted by molar-refractivity contribution is 5.93. The Hall–Kier alpha value is -1.69. The Labute approximate surface area is 106 Å². The number of carbonyl (C=O) groups excluding carboxylic acids is 1. The summed E-state index contributed by atoms with van der Waals surface area (Å²) in [6.07, 6.45) is 4.43. The van der Waals surface area contributed by atoms with E-state index in [9.17, 15) is 4.79 Å². The SMILES string of the molecule is COCCCNc1cc(C(=O)NC2CC2)ncn1. The molecule has 2 rings (SSSR count). The standard InChI is InChI=1S/C12H18N4O2/c1-18-6-2-5-13-11-7-10(14-8-15-11)12(17)16-9-3-4-9/h7-9H,2-6H2,1H3,(H,16,17)(H,13,14,15). The molecule has 1 aromatic rings. The van der Waals surface area contributed by atoms with Crippen LogP contribution in [0.15, 0.2) is 12.4 Å². The van der Waals surface area contributed by atoms with E-state index in [2.05, 4.69) is 20.6 Å². The highest BCUT2D eigenvalue weighted by Gasteiger charge is 2.24. The Kier molecular flexibility index (Phi) is 4.46. The van der Waals surface area contributed by atoms with Crippen molar-refractivity contribution in [1.29, 1.82) is 0 Å². The number of nitrogens with one attached hydrogen (secondary N) is 2. The average Bonchev–Trinajstić information content (AvgIpc) is 3.19. The minimum atomic E-state index is -0.125. The molecule has 6 heteroatoms. The van der Waals surface area contributed by atoms with Crippen LogP contribution in [0.2, 0.25) is 0 Å². The van der Waals surface area contributed by atoms with Gasteiger partial charge in [0.05, 0.1) is 0 Å². The maximum Gasteiger partial charge on any atom is 0.270 e. The number of aromatic nitrogens is 2. The summed E-state index contributed by atoms with van der Waals surface area (Å²) in [6.45, 7) is 1.46. The summed E-state index contributed by atoms with van der Waals surface area (Å²) in [4.78, 5) is 19.8. The Morgan fingerprint density at radius 2 is 2.33 bits per heavy atom. The van der Waals surface area contributed by atoms with E-state index in [1.165, 1.54) is 6.33 Å². The number of hydrogen-bond acceptors (Lipinski definition) is 5. The normalized spacial score (nSPS) is 14.3. The first-order valence-electron chi connectivity index (χ1n) is 6.15. The predicted molar refractivity (Wildman–Crippen MR) is 67.5 cm³/mol. The van der Waals surface area contributed by atoms with Crippen molar-refractivity contribution in [1.82, 2.24) is 15.3 Å². The zero-order valence-corrected chi connectivity index (χ0v) is 10.5. The van der Waals surface area contributed by atoms with Gasteiger partial charge < -0.3 is 15.4 Å². The molecule has 1 aliphatic carbocycles. The molecule has 6 nitrogen and oxygen atoms in total. The Balaban J connectivity index is 1.85. The van der Waals surface area contributed by atoms with E-state index in [0.717, 1.165) is 25.8 Å². The molecule has 0 bridgehead atoms. The summed E-state index contributed by atoms with van der Waals surface area (Å²) in [7, 11) is 1.67. The highest BCUT2D eigenvalue weighted by atomic mass is 16.5. The van der Waals surface area contributed by atoms with Crippen LogP contribution in [0.5, 0.6) is 0 Å². The fraction of sp³-hybridized carbons (Fsp3) is 0.583. The van der Waals surface area contributed by atoms with Gasteiger partial charge in [0.25, 0.3) is 5.91 Å². The van der Waals surface area contributed by atoms with Crippen LogP contribution >= 0.6 is 0 Å². The van der Waals surface area contributed by atoms with Crippen molar-refractivity contribution in [2.75, 3.05) is 25.6 Å². The number of carbonyl (C=O) groups is 1. The lowest BCUT2D eigenvalue weighted by atomic mass is 10.3. The van der Waals surface area contributed by atoms with Gasteiger partial charge >= 0.3 is 0 Å². The third-order valence-corrected chi connectivity index (χ3v) is 2.64. The highest BCUT2D eigenvalue weighted by Crippen LogP contribution is 2.19. The van der Waals surface area contributed by atoms with Crippen LogP contribution < -0.4 is 10.6 Å². The van der Waals surface area contributed by atoms with Crippen LogP contribution in [0.25, 0.3) is 0 Å². The molecule has 0 aliphatic heterocycles. The second-order valence-electron chi connectivity index (χ2n) is 4.31. The molecule has 1 fully saturated rings. The van der Waals surface area contributed by atoms with E-state index < -0.39 is 0 Å². The third kappa shape index (κ3) is 3.96. The first-order chi connectivity index (χ1) is 8.79. The molecule has 1 amide bonds. The minimum Gasteiger partial charge on any atom is -0.385 e. The van der Waals surface area contributed by atoms with Crippen LogP contribution in [-0.2, 0) is 4.74 Å². The topological polar surface area (TPSA) is 76.1 Å². The molecule has 0 unspecified atom stereocenters. The van der Waals surface area contributed by atoms with Crippen LogP contribution in [0.4, 0.5) is 5.82 Å². The minimum absolute atomic E-state index is 0.125. The monoisotopic (exact) mass is 250 g/mol. The molecule has 1 aliphatic rings. The van der Waals surface area contributed by atoms with Crippen LogP contribution in [0.1, 0.15) is 29.8 Å². The first kappa shape index (κ1) is 12.8. The van der Waals surface area contributed by atoms with Gasteiger partial charge in [0, 0.05) is 32.4 Å². The molecule has 0 atom stereocenters. The second kappa shape index (κ2) is 6.30. The van der Waals surface area contributed by atoms with Crippen LogP contribution in [0, 0.1) is 0 Å². The predicted octanol–water partition coefficient (Wildman–Crippen LogP) is 0.817. The fourth-order valence-electron chi connectivity index (χ4n) is 1.50. The van der Waals surface area contributed by atoms with Crippen molar-refractivity contribution in [3.8, 4) is 0 Å². The first-order valence-corrected chi connectivity index (χ1v) is 6.15. The lowest BCUT2D eigenvalue weighted by Gasteiger charge is -2.06. The molecular weight excluding hydrogens is 232 g/mol. The third-order valence-electron chi connectivity index (χ3n) is 2.64. The zero-order valence-electron chi connectivity index (χ0n) is 10.5. The smallest absolute Gasteiger partial charge is 0.270 e. The molecule has 0 aromatic carbocycles. The largest absolute Gasteiger partial charge is 0.385 e. The summed E-state index contributed by atoms with van der Waals surface area (Å²) in [5.41, 5.74) is 0.408. The van der Waals surface area contributed by atoms with Crippen molar-refractivity contribution in [2.45, 2.75) is 25.3 Å². The zero-order chi connectivity index (χ0) is 12.8. The number of methoxy groups -OCH3 is 1. The van der Waals surface area contributed by atoms with E-state index in [0.29, 0.717) is 24.2 Å². The van der Waals surface area contributed by atoms with E-state index >= 15 is 0 Å². The summed E-state index contributed by atoms with van der Waals surface area (Å²) in [5, 5.41) is 6.03. The summed E-state index contributed by atoms with van der Waals surface area (Å²) in [5.74, 6) is 0.543. The van der Waals surface area contributed by atoms with E-state index in [1.54, 1.807) is 13.2 Å². The molecule has 0 spiro atoms. The van der Waals surface area contributed by atoms with Gasteiger partial charge in [-0.1, -0.05) is 0 Å². The van der Waals surface area contributed by atoms with Gasteiger partial charge in [0.15, 0.2) is 0 Å². The van der Waals surface area contributed by atoms with Gasteiger partial charge in [0.1, 0.15) is 17.8 Å². The van der Waals surface area contributed by atoms with Crippen LogP contribution in [0.3, 0.4) is 0 Å². The Morgan fingerprint density at radius 1 is 1.50 bits per heavy atom. The molecule has 0 saturated heterocycles. The molecular formula is C12H18N4O2. The quantitative estimate of drug-likeness (QED) is 0.701. The van der Waals surface area contributed by atoms with Crippen molar-refractivity contribution < 1.29 is 9.53 Å². The van der Waals surface area contributed by atoms with Crippen molar-refractivity contribution in [3.63, 3.8) is 0 Å². The maximum absolute atomic E-state index is 11.8. The number of nitrogens with zero attached hydrogens (tertiary/aromatic N) is 2. The van der Waals surface area contributed by atoms with Crippen molar-refractivity contribution in [3.05, 3.63) is 18.1 Å². The summed E-state index contributed by atoms with van der Waals surface area (Å²) < 4.78 is 4.96. The summed E-state index contributed by atoms with van der Waals surface area (Å²) >= 11 is 0. The van der Waals surface area contributed by atoms with Gasteiger partial charge in [-0.3, -0.25) is 4.79 Å². The molecule has 1 saturated carbocycles. The Morgan fingerprint density at radius 3 is 3.06 bits per heavy atom. The average molecular weight is 250 g/mol. The molecule has 2 N–H and O–H groups in total. The lowest BCUT2D eigenvalue weighted by molar-refractivity contribution is 0.0946. The van der Waals surface area contributed by atoms with Crippen molar-refractivity contribution >= 4 is 11.7 Å². The second-order valence-corrected chi connectivity index (χ2v) is 4.31. The van der Waals surface area contributed by atoms with Crippen molar-refractivity contribution in [2.24, 2.45) is 0 Å². The molecule has 1 heterocycles. The van der Waals surface area contributed by atoms with E-state index in [1.807, 2.05) is 0 Å². The number of ether oxygens (including phenoxy) is 1. The van der Waals surface area contributed by atoms with Crippen LogP contribution in [-0.4, -0.2) is 42.2 Å². The number of hydrogen-bond donors (Lipinski definition) is 2. The Bertz CT molecular complexity index is 407. The number of rotatable bonds is 7. The van der Waals surface area contributed by atoms with Gasteiger partial charge in [-0.05, 0) is 19.3 Å². The molecule has 18 heavy (non-hydrogen) atoms. The number of amides is 1. The fourth-order valence-corrected chi connectivity index (χ4v) is 1.50.